The van der Waals surface area contributed by atoms with Crippen LogP contribution < -0.4 is 5.32 Å². The number of nitrogens with one attached hydrogen (secondary N) is 1. The number of hydrogen-bond donors (Lipinski definition) is 1. The molecule has 5 heteroatoms. The molecular formula is C11H17F2NO2. The van der Waals surface area contributed by atoms with Gasteiger partial charge in [-0.2, -0.15) is 0 Å². The number of alkyl halides is 2. The minimum absolute atomic E-state index is 0.111. The molecule has 0 spiro atoms. The number of carbonyl (C=O) groups excluding carboxylic acids is 1. The molecule has 0 aromatic heterocycles. The van der Waals surface area contributed by atoms with Gasteiger partial charge in [0.05, 0.1) is 13.2 Å². The maximum Gasteiger partial charge on any atom is 0.330 e. The Hall–Kier alpha value is -0.970. The van der Waals surface area contributed by atoms with Crippen molar-refractivity contribution >= 4 is 5.97 Å². The first-order valence-corrected chi connectivity index (χ1v) is 5.48. The molecule has 0 bridgehead atoms. The molecule has 3 nitrogen and oxygen atoms in total. The van der Waals surface area contributed by atoms with Crippen molar-refractivity contribution in [1.29, 1.82) is 0 Å². The van der Waals surface area contributed by atoms with Gasteiger partial charge in [0.1, 0.15) is 0 Å². The normalized spacial score (nSPS) is 23.8. The molecule has 1 rings (SSSR count). The summed E-state index contributed by atoms with van der Waals surface area (Å²) in [5, 5.41) is 2.76. The predicted octanol–water partition coefficient (Wildman–Crippen LogP) is 1.88. The van der Waals surface area contributed by atoms with Crippen LogP contribution in [-0.2, 0) is 9.53 Å². The average molecular weight is 233 g/mol. The second kappa shape index (κ2) is 5.94. The van der Waals surface area contributed by atoms with E-state index in [-0.39, 0.29) is 25.0 Å². The van der Waals surface area contributed by atoms with E-state index >= 15 is 0 Å². The zero-order chi connectivity index (χ0) is 12.0. The molecule has 1 fully saturated rings. The van der Waals surface area contributed by atoms with Gasteiger partial charge < -0.3 is 10.1 Å². The van der Waals surface area contributed by atoms with Crippen LogP contribution in [0, 0.1) is 0 Å². The molecule has 0 unspecified atom stereocenters. The van der Waals surface area contributed by atoms with Crippen LogP contribution in [0.4, 0.5) is 8.78 Å². The molecule has 0 aliphatic carbocycles. The third kappa shape index (κ3) is 4.70. The number of halogens is 2. The van der Waals surface area contributed by atoms with E-state index in [1.165, 1.54) is 6.08 Å². The number of allylic oxidation sites excluding steroid dienone is 1. The standard InChI is InChI=1S/C11H17F2NO2/c1-2-16-10(15)6-4-3-5-9-7-11(12,13)8-14-9/h4,6,9,14H,2-3,5,7-8H2,1H3/t9-/m0/s1. The van der Waals surface area contributed by atoms with Gasteiger partial charge in [-0.05, 0) is 19.8 Å². The second-order valence-electron chi connectivity index (χ2n) is 3.87. The average Bonchev–Trinajstić information content (AvgIpc) is 2.54. The van der Waals surface area contributed by atoms with Gasteiger partial charge >= 0.3 is 5.97 Å². The van der Waals surface area contributed by atoms with Gasteiger partial charge in [0, 0.05) is 18.5 Å². The number of ether oxygens (including phenoxy) is 1. The first-order chi connectivity index (χ1) is 7.53. The van der Waals surface area contributed by atoms with E-state index in [0.717, 1.165) is 0 Å². The molecule has 1 saturated heterocycles. The highest BCUT2D eigenvalue weighted by Gasteiger charge is 2.38. The maximum atomic E-state index is 12.8. The number of esters is 1. The van der Waals surface area contributed by atoms with Crippen molar-refractivity contribution in [2.45, 2.75) is 38.2 Å². The quantitative estimate of drug-likeness (QED) is 0.582. The molecular weight excluding hydrogens is 216 g/mol. The Morgan fingerprint density at radius 3 is 2.94 bits per heavy atom. The van der Waals surface area contributed by atoms with Gasteiger partial charge in [0.2, 0.25) is 0 Å². The summed E-state index contributed by atoms with van der Waals surface area (Å²) < 4.78 is 30.2. The molecule has 92 valence electrons. The van der Waals surface area contributed by atoms with E-state index in [1.807, 2.05) is 0 Å². The fourth-order valence-corrected chi connectivity index (χ4v) is 1.67. The SMILES string of the molecule is CCOC(=O)C=CCC[C@H]1CC(F)(F)CN1. The van der Waals surface area contributed by atoms with Gasteiger partial charge in [-0.1, -0.05) is 6.08 Å². The topological polar surface area (TPSA) is 38.3 Å². The third-order valence-electron chi connectivity index (χ3n) is 2.42. The van der Waals surface area contributed by atoms with E-state index < -0.39 is 5.92 Å². The number of carbonyl (C=O) groups is 1. The minimum Gasteiger partial charge on any atom is -0.463 e. The Labute approximate surface area is 93.8 Å². The van der Waals surface area contributed by atoms with Crippen molar-refractivity contribution in [3.05, 3.63) is 12.2 Å². The lowest BCUT2D eigenvalue weighted by Crippen LogP contribution is -2.22. The smallest absolute Gasteiger partial charge is 0.330 e. The van der Waals surface area contributed by atoms with E-state index in [4.69, 9.17) is 0 Å². The van der Waals surface area contributed by atoms with Crippen LogP contribution in [0.2, 0.25) is 0 Å². The zero-order valence-electron chi connectivity index (χ0n) is 9.34. The van der Waals surface area contributed by atoms with Crippen molar-refractivity contribution in [3.8, 4) is 0 Å². The lowest BCUT2D eigenvalue weighted by molar-refractivity contribution is -0.137. The summed E-state index contributed by atoms with van der Waals surface area (Å²) >= 11 is 0. The summed E-state index contributed by atoms with van der Waals surface area (Å²) in [5.74, 6) is -2.96. The molecule has 0 amide bonds. The Morgan fingerprint density at radius 1 is 1.62 bits per heavy atom. The molecule has 1 N–H and O–H groups in total. The van der Waals surface area contributed by atoms with Crippen molar-refractivity contribution in [3.63, 3.8) is 0 Å². The van der Waals surface area contributed by atoms with E-state index in [1.54, 1.807) is 13.0 Å². The first-order valence-electron chi connectivity index (χ1n) is 5.48. The molecule has 1 atom stereocenters. The highest BCUT2D eigenvalue weighted by molar-refractivity contribution is 5.81. The van der Waals surface area contributed by atoms with Crippen molar-refractivity contribution in [1.82, 2.24) is 5.32 Å². The summed E-state index contributed by atoms with van der Waals surface area (Å²) in [4.78, 5) is 10.9. The highest BCUT2D eigenvalue weighted by atomic mass is 19.3. The molecule has 16 heavy (non-hydrogen) atoms. The Morgan fingerprint density at radius 2 is 2.38 bits per heavy atom. The second-order valence-corrected chi connectivity index (χ2v) is 3.87. The lowest BCUT2D eigenvalue weighted by atomic mass is 10.1. The maximum absolute atomic E-state index is 12.8. The Balaban J connectivity index is 2.14. The Kier molecular flexibility index (Phi) is 4.86. The van der Waals surface area contributed by atoms with E-state index in [2.05, 4.69) is 10.1 Å². The fraction of sp³-hybridized carbons (Fsp3) is 0.727. The van der Waals surface area contributed by atoms with Crippen molar-refractivity contribution in [2.24, 2.45) is 0 Å². The first kappa shape index (κ1) is 13.1. The largest absolute Gasteiger partial charge is 0.463 e. The Bertz CT molecular complexity index is 267. The summed E-state index contributed by atoms with van der Waals surface area (Å²) in [6.45, 7) is 1.84. The van der Waals surface area contributed by atoms with Crippen molar-refractivity contribution in [2.75, 3.05) is 13.2 Å². The van der Waals surface area contributed by atoms with Gasteiger partial charge in [0.15, 0.2) is 0 Å². The summed E-state index contributed by atoms with van der Waals surface area (Å²) in [6, 6.07) is -0.151. The molecule has 1 aliphatic rings. The molecule has 0 aromatic carbocycles. The van der Waals surface area contributed by atoms with Crippen LogP contribution in [0.15, 0.2) is 12.2 Å². The monoisotopic (exact) mass is 233 g/mol. The predicted molar refractivity (Wildman–Crippen MR) is 56.4 cm³/mol. The van der Waals surface area contributed by atoms with Crippen LogP contribution in [0.25, 0.3) is 0 Å². The third-order valence-corrected chi connectivity index (χ3v) is 2.42. The fourth-order valence-electron chi connectivity index (χ4n) is 1.67. The molecule has 1 heterocycles. The van der Waals surface area contributed by atoms with Crippen LogP contribution in [-0.4, -0.2) is 31.1 Å². The highest BCUT2D eigenvalue weighted by Crippen LogP contribution is 2.26. The number of rotatable bonds is 5. The summed E-state index contributed by atoms with van der Waals surface area (Å²) in [5.41, 5.74) is 0. The molecule has 0 aromatic rings. The molecule has 1 aliphatic heterocycles. The summed E-state index contributed by atoms with van der Waals surface area (Å²) in [7, 11) is 0. The zero-order valence-corrected chi connectivity index (χ0v) is 9.34. The van der Waals surface area contributed by atoms with Crippen LogP contribution >= 0.6 is 0 Å². The summed E-state index contributed by atoms with van der Waals surface area (Å²) in [6.07, 6.45) is 4.12. The lowest BCUT2D eigenvalue weighted by Gasteiger charge is -2.07. The van der Waals surface area contributed by atoms with E-state index in [0.29, 0.717) is 19.4 Å². The molecule has 0 radical (unpaired) electrons. The van der Waals surface area contributed by atoms with Crippen LogP contribution in [0.1, 0.15) is 26.2 Å². The number of hydrogen-bond acceptors (Lipinski definition) is 3. The van der Waals surface area contributed by atoms with Gasteiger partial charge in [-0.15, -0.1) is 0 Å². The van der Waals surface area contributed by atoms with Gasteiger partial charge in [-0.3, -0.25) is 0 Å². The van der Waals surface area contributed by atoms with Crippen LogP contribution in [0.5, 0.6) is 0 Å². The van der Waals surface area contributed by atoms with Gasteiger partial charge in [-0.25, -0.2) is 13.6 Å². The molecule has 0 saturated carbocycles. The van der Waals surface area contributed by atoms with Gasteiger partial charge in [0.25, 0.3) is 5.92 Å². The van der Waals surface area contributed by atoms with Crippen LogP contribution in [0.3, 0.4) is 0 Å². The van der Waals surface area contributed by atoms with Crippen molar-refractivity contribution < 1.29 is 18.3 Å². The minimum atomic E-state index is -2.57. The van der Waals surface area contributed by atoms with E-state index in [9.17, 15) is 13.6 Å².